The van der Waals surface area contributed by atoms with E-state index in [1.165, 1.54) is 0 Å². The van der Waals surface area contributed by atoms with Gasteiger partial charge in [0.25, 0.3) is 0 Å². The summed E-state index contributed by atoms with van der Waals surface area (Å²) in [6.45, 7) is 3.98. The average molecular weight is 266 g/mol. The maximum atomic E-state index is 9.29. The van der Waals surface area contributed by atoms with Gasteiger partial charge in [-0.05, 0) is 30.5 Å². The molecule has 0 heterocycles. The monoisotopic (exact) mass is 266 g/mol. The molecule has 1 rings (SSSR count). The molecule has 0 aliphatic rings. The molecule has 19 heavy (non-hydrogen) atoms. The summed E-state index contributed by atoms with van der Waals surface area (Å²) in [6.07, 6.45) is 2.04. The Kier molecular flexibility index (Phi) is 7.18. The van der Waals surface area contributed by atoms with Crippen molar-refractivity contribution in [2.45, 2.75) is 31.7 Å². The van der Waals surface area contributed by atoms with Gasteiger partial charge in [-0.15, -0.1) is 6.58 Å². The highest BCUT2D eigenvalue weighted by Gasteiger charge is 2.09. The summed E-state index contributed by atoms with van der Waals surface area (Å²) in [6, 6.07) is 7.66. The highest BCUT2D eigenvalue weighted by atomic mass is 16.5. The fraction of sp³-hybridized carbons (Fsp3) is 0.467. The lowest BCUT2D eigenvalue weighted by Gasteiger charge is -2.15. The van der Waals surface area contributed by atoms with Gasteiger partial charge in [-0.2, -0.15) is 0 Å². The van der Waals surface area contributed by atoms with Gasteiger partial charge >= 0.3 is 0 Å². The molecule has 4 nitrogen and oxygen atoms in total. The molecular weight excluding hydrogens is 244 g/mol. The van der Waals surface area contributed by atoms with Crippen LogP contribution in [0.25, 0.3) is 0 Å². The highest BCUT2D eigenvalue weighted by molar-refractivity contribution is 5.26. The molecule has 4 heteroatoms. The van der Waals surface area contributed by atoms with E-state index in [1.54, 1.807) is 13.2 Å². The number of methoxy groups -OCH3 is 1. The van der Waals surface area contributed by atoms with E-state index in [4.69, 9.17) is 14.6 Å². The molecule has 0 amide bonds. The number of aliphatic hydroxyl groups excluding tert-OH is 2. The second kappa shape index (κ2) is 8.69. The summed E-state index contributed by atoms with van der Waals surface area (Å²) in [5, 5.41) is 18.0. The Bertz CT molecular complexity index is 361. The maximum Gasteiger partial charge on any atom is 0.118 e. The van der Waals surface area contributed by atoms with Crippen LogP contribution in [0.5, 0.6) is 5.75 Å². The van der Waals surface area contributed by atoms with E-state index in [0.717, 1.165) is 11.3 Å². The lowest BCUT2D eigenvalue weighted by molar-refractivity contribution is 0.0398. The molecular formula is C15H22O4. The van der Waals surface area contributed by atoms with Crippen molar-refractivity contribution < 1.29 is 19.7 Å². The number of benzene rings is 1. The van der Waals surface area contributed by atoms with Crippen LogP contribution >= 0.6 is 0 Å². The Balaban J connectivity index is 2.37. The molecule has 2 N–H and O–H groups in total. The minimum Gasteiger partial charge on any atom is -0.497 e. The van der Waals surface area contributed by atoms with Crippen molar-refractivity contribution >= 4 is 0 Å². The largest absolute Gasteiger partial charge is 0.497 e. The van der Waals surface area contributed by atoms with Gasteiger partial charge in [0.2, 0.25) is 0 Å². The third-order valence-corrected chi connectivity index (χ3v) is 2.88. The van der Waals surface area contributed by atoms with Crippen LogP contribution in [0, 0.1) is 0 Å². The van der Waals surface area contributed by atoms with E-state index in [0.29, 0.717) is 19.4 Å². The first kappa shape index (κ1) is 15.7. The molecule has 0 aliphatic carbocycles. The predicted octanol–water partition coefficient (Wildman–Crippen LogP) is 1.90. The minimum absolute atomic E-state index is 0.122. The third-order valence-electron chi connectivity index (χ3n) is 2.88. The second-order valence-electron chi connectivity index (χ2n) is 4.35. The molecule has 0 radical (unpaired) electrons. The van der Waals surface area contributed by atoms with Crippen molar-refractivity contribution in [2.24, 2.45) is 0 Å². The Morgan fingerprint density at radius 2 is 1.95 bits per heavy atom. The molecule has 0 spiro atoms. The van der Waals surface area contributed by atoms with Gasteiger partial charge < -0.3 is 19.7 Å². The van der Waals surface area contributed by atoms with E-state index < -0.39 is 6.10 Å². The predicted molar refractivity (Wildman–Crippen MR) is 74.1 cm³/mol. The molecule has 2 atom stereocenters. The van der Waals surface area contributed by atoms with Crippen molar-refractivity contribution in [3.63, 3.8) is 0 Å². The van der Waals surface area contributed by atoms with Crippen LogP contribution in [0.2, 0.25) is 0 Å². The molecule has 0 fully saturated rings. The standard InChI is InChI=1S/C15H22O4/c1-3-14(9-6-13(17)10-16)19-11-12-4-7-15(18-2)8-5-12/h3-5,7-8,13-14,16-17H,1,6,9-11H2,2H3/t13-,14+/m0/s1. The van der Waals surface area contributed by atoms with Crippen LogP contribution in [0.15, 0.2) is 36.9 Å². The van der Waals surface area contributed by atoms with Gasteiger partial charge in [-0.1, -0.05) is 18.2 Å². The molecule has 106 valence electrons. The van der Waals surface area contributed by atoms with Crippen molar-refractivity contribution in [1.82, 2.24) is 0 Å². The van der Waals surface area contributed by atoms with Crippen molar-refractivity contribution in [3.05, 3.63) is 42.5 Å². The van der Waals surface area contributed by atoms with Gasteiger partial charge in [-0.3, -0.25) is 0 Å². The molecule has 0 saturated carbocycles. The summed E-state index contributed by atoms with van der Waals surface area (Å²) in [7, 11) is 1.63. The van der Waals surface area contributed by atoms with E-state index >= 15 is 0 Å². The Morgan fingerprint density at radius 3 is 2.47 bits per heavy atom. The summed E-state index contributed by atoms with van der Waals surface area (Å²) in [5.74, 6) is 0.815. The van der Waals surface area contributed by atoms with E-state index in [9.17, 15) is 5.11 Å². The highest BCUT2D eigenvalue weighted by Crippen LogP contribution is 2.14. The molecule has 0 saturated heterocycles. The van der Waals surface area contributed by atoms with E-state index in [2.05, 4.69) is 6.58 Å². The molecule has 1 aromatic rings. The second-order valence-corrected chi connectivity index (χ2v) is 4.35. The van der Waals surface area contributed by atoms with Crippen LogP contribution in [-0.4, -0.2) is 36.1 Å². The van der Waals surface area contributed by atoms with E-state index in [1.807, 2.05) is 24.3 Å². The topological polar surface area (TPSA) is 58.9 Å². The zero-order chi connectivity index (χ0) is 14.1. The molecule has 1 aromatic carbocycles. The van der Waals surface area contributed by atoms with Gasteiger partial charge in [0, 0.05) is 0 Å². The first-order chi connectivity index (χ1) is 9.19. The molecule has 0 aliphatic heterocycles. The zero-order valence-electron chi connectivity index (χ0n) is 11.3. The molecule has 0 unspecified atom stereocenters. The maximum absolute atomic E-state index is 9.29. The fourth-order valence-electron chi connectivity index (χ4n) is 1.64. The average Bonchev–Trinajstić information content (AvgIpc) is 2.47. The number of rotatable bonds is 9. The lowest BCUT2D eigenvalue weighted by Crippen LogP contribution is -2.17. The number of aliphatic hydroxyl groups is 2. The summed E-state index contributed by atoms with van der Waals surface area (Å²) < 4.78 is 10.8. The summed E-state index contributed by atoms with van der Waals surface area (Å²) in [4.78, 5) is 0. The first-order valence-electron chi connectivity index (χ1n) is 6.35. The first-order valence-corrected chi connectivity index (χ1v) is 6.35. The van der Waals surface area contributed by atoms with Crippen molar-refractivity contribution in [3.8, 4) is 5.75 Å². The van der Waals surface area contributed by atoms with Crippen molar-refractivity contribution in [1.29, 1.82) is 0 Å². The number of hydrogen-bond acceptors (Lipinski definition) is 4. The Morgan fingerprint density at radius 1 is 1.26 bits per heavy atom. The van der Waals surface area contributed by atoms with Crippen LogP contribution in [0.3, 0.4) is 0 Å². The summed E-state index contributed by atoms with van der Waals surface area (Å²) in [5.41, 5.74) is 1.05. The Hall–Kier alpha value is -1.36. The minimum atomic E-state index is -0.688. The third kappa shape index (κ3) is 5.87. The molecule has 0 aromatic heterocycles. The van der Waals surface area contributed by atoms with Crippen LogP contribution in [0.4, 0.5) is 0 Å². The Labute approximate surface area is 114 Å². The van der Waals surface area contributed by atoms with Crippen LogP contribution in [0.1, 0.15) is 18.4 Å². The zero-order valence-corrected chi connectivity index (χ0v) is 11.3. The molecule has 0 bridgehead atoms. The van der Waals surface area contributed by atoms with Gasteiger partial charge in [-0.25, -0.2) is 0 Å². The van der Waals surface area contributed by atoms with Crippen LogP contribution in [-0.2, 0) is 11.3 Å². The van der Waals surface area contributed by atoms with Gasteiger partial charge in [0.1, 0.15) is 5.75 Å². The number of ether oxygens (including phenoxy) is 2. The van der Waals surface area contributed by atoms with Crippen LogP contribution < -0.4 is 4.74 Å². The fourth-order valence-corrected chi connectivity index (χ4v) is 1.64. The number of hydrogen-bond donors (Lipinski definition) is 2. The van der Waals surface area contributed by atoms with E-state index in [-0.39, 0.29) is 12.7 Å². The quantitative estimate of drug-likeness (QED) is 0.670. The van der Waals surface area contributed by atoms with Crippen molar-refractivity contribution in [2.75, 3.05) is 13.7 Å². The summed E-state index contributed by atoms with van der Waals surface area (Å²) >= 11 is 0. The lowest BCUT2D eigenvalue weighted by atomic mass is 10.1. The normalized spacial score (nSPS) is 13.8. The van der Waals surface area contributed by atoms with Gasteiger partial charge in [0.15, 0.2) is 0 Å². The van der Waals surface area contributed by atoms with Gasteiger partial charge in [0.05, 0.1) is 32.5 Å². The SMILES string of the molecule is C=C[C@H](CC[C@H](O)CO)OCc1ccc(OC)cc1. The smallest absolute Gasteiger partial charge is 0.118 e.